The van der Waals surface area contributed by atoms with Gasteiger partial charge in [-0.15, -0.1) is 11.3 Å². The Bertz CT molecular complexity index is 525. The van der Waals surface area contributed by atoms with Crippen molar-refractivity contribution in [2.45, 2.75) is 56.5 Å². The zero-order valence-corrected chi connectivity index (χ0v) is 13.8. The first kappa shape index (κ1) is 15.9. The molecule has 20 heavy (non-hydrogen) atoms. The molecular formula is C14H24N2O2S2. The Balaban J connectivity index is 2.15. The molecule has 1 heterocycles. The van der Waals surface area contributed by atoms with E-state index in [-0.39, 0.29) is 6.04 Å². The highest BCUT2D eigenvalue weighted by Gasteiger charge is 2.29. The third kappa shape index (κ3) is 3.61. The van der Waals surface area contributed by atoms with Gasteiger partial charge in [-0.2, -0.15) is 0 Å². The van der Waals surface area contributed by atoms with Gasteiger partial charge in [0.1, 0.15) is 0 Å². The highest BCUT2D eigenvalue weighted by Crippen LogP contribution is 2.29. The molecule has 0 aromatic carbocycles. The summed E-state index contributed by atoms with van der Waals surface area (Å²) in [6.07, 6.45) is 5.48. The van der Waals surface area contributed by atoms with Gasteiger partial charge >= 0.3 is 0 Å². The number of sulfonamides is 1. The summed E-state index contributed by atoms with van der Waals surface area (Å²) >= 11 is 1.49. The van der Waals surface area contributed by atoms with Gasteiger partial charge < -0.3 is 5.32 Å². The molecule has 1 aliphatic carbocycles. The van der Waals surface area contributed by atoms with Crippen molar-refractivity contribution < 1.29 is 8.42 Å². The quantitative estimate of drug-likeness (QED) is 0.848. The van der Waals surface area contributed by atoms with Crippen LogP contribution in [-0.4, -0.2) is 21.5 Å². The van der Waals surface area contributed by atoms with Crippen LogP contribution in [0.4, 0.5) is 0 Å². The van der Waals surface area contributed by atoms with E-state index in [4.69, 9.17) is 0 Å². The maximum absolute atomic E-state index is 12.6. The second kappa shape index (κ2) is 7.02. The summed E-state index contributed by atoms with van der Waals surface area (Å²) in [5, 5.41) is 4.87. The summed E-state index contributed by atoms with van der Waals surface area (Å²) in [6.45, 7) is 2.74. The zero-order chi connectivity index (χ0) is 14.6. The number of rotatable bonds is 6. The maximum atomic E-state index is 12.6. The lowest BCUT2D eigenvalue weighted by Crippen LogP contribution is -2.42. The topological polar surface area (TPSA) is 58.2 Å². The molecule has 1 aromatic heterocycles. The van der Waals surface area contributed by atoms with Gasteiger partial charge in [-0.05, 0) is 37.3 Å². The Morgan fingerprint density at radius 2 is 2.10 bits per heavy atom. The molecule has 0 amide bonds. The second-order valence-corrected chi connectivity index (χ2v) is 8.10. The van der Waals surface area contributed by atoms with Crippen molar-refractivity contribution in [2.75, 3.05) is 7.05 Å². The van der Waals surface area contributed by atoms with E-state index in [2.05, 4.69) is 17.0 Å². The van der Waals surface area contributed by atoms with Gasteiger partial charge in [0, 0.05) is 17.5 Å². The van der Waals surface area contributed by atoms with E-state index >= 15 is 0 Å². The van der Waals surface area contributed by atoms with Gasteiger partial charge in [-0.3, -0.25) is 0 Å². The van der Waals surface area contributed by atoms with Crippen molar-refractivity contribution in [3.05, 3.63) is 16.3 Å². The average molecular weight is 316 g/mol. The molecule has 0 bridgehead atoms. The van der Waals surface area contributed by atoms with E-state index < -0.39 is 10.0 Å². The smallest absolute Gasteiger partial charge is 0.241 e. The Hall–Kier alpha value is -0.430. The number of thiophene rings is 1. The van der Waals surface area contributed by atoms with Gasteiger partial charge in [0.2, 0.25) is 10.0 Å². The third-order valence-corrected chi connectivity index (χ3v) is 6.70. The molecule has 114 valence electrons. The first-order chi connectivity index (χ1) is 9.58. The van der Waals surface area contributed by atoms with Crippen molar-refractivity contribution >= 4 is 21.4 Å². The van der Waals surface area contributed by atoms with Crippen molar-refractivity contribution in [2.24, 2.45) is 5.92 Å². The molecule has 1 aromatic rings. The lowest BCUT2D eigenvalue weighted by Gasteiger charge is -2.31. The SMILES string of the molecule is CCC1CCCCC1NS(=O)(=O)c1ccsc1CNC. The molecule has 2 unspecified atom stereocenters. The minimum atomic E-state index is -3.39. The average Bonchev–Trinajstić information content (AvgIpc) is 2.88. The van der Waals surface area contributed by atoms with Gasteiger partial charge in [0.25, 0.3) is 0 Å². The van der Waals surface area contributed by atoms with Gasteiger partial charge in [-0.1, -0.05) is 26.2 Å². The van der Waals surface area contributed by atoms with Gasteiger partial charge in [0.15, 0.2) is 0 Å². The standard InChI is InChI=1S/C14H24N2O2S2/c1-3-11-6-4-5-7-12(11)16-20(17,18)14-8-9-19-13(14)10-15-2/h8-9,11-12,15-16H,3-7,10H2,1-2H3. The van der Waals surface area contributed by atoms with Crippen molar-refractivity contribution in [3.8, 4) is 0 Å². The van der Waals surface area contributed by atoms with Crippen LogP contribution < -0.4 is 10.0 Å². The summed E-state index contributed by atoms with van der Waals surface area (Å²) in [4.78, 5) is 1.32. The number of hydrogen-bond acceptors (Lipinski definition) is 4. The van der Waals surface area contributed by atoms with Crippen LogP contribution in [0.15, 0.2) is 16.3 Å². The number of nitrogens with one attached hydrogen (secondary N) is 2. The van der Waals surface area contributed by atoms with Crippen LogP contribution >= 0.6 is 11.3 Å². The first-order valence-corrected chi connectivity index (χ1v) is 9.68. The van der Waals surface area contributed by atoms with Gasteiger partial charge in [-0.25, -0.2) is 13.1 Å². The van der Waals surface area contributed by atoms with Crippen LogP contribution in [0.5, 0.6) is 0 Å². The second-order valence-electron chi connectivity index (χ2n) is 5.42. The van der Waals surface area contributed by atoms with E-state index in [1.54, 1.807) is 6.07 Å². The molecule has 1 saturated carbocycles. The molecule has 0 radical (unpaired) electrons. The lowest BCUT2D eigenvalue weighted by molar-refractivity contribution is 0.282. The van der Waals surface area contributed by atoms with Crippen LogP contribution in [0, 0.1) is 5.92 Å². The fourth-order valence-electron chi connectivity index (χ4n) is 2.97. The van der Waals surface area contributed by atoms with Crippen LogP contribution in [0.25, 0.3) is 0 Å². The Morgan fingerprint density at radius 3 is 2.80 bits per heavy atom. The van der Waals surface area contributed by atoms with E-state index in [1.807, 2.05) is 12.4 Å². The van der Waals surface area contributed by atoms with Crippen LogP contribution in [0.3, 0.4) is 0 Å². The maximum Gasteiger partial charge on any atom is 0.241 e. The molecule has 6 heteroatoms. The molecule has 2 atom stereocenters. The van der Waals surface area contributed by atoms with E-state index in [1.165, 1.54) is 17.8 Å². The van der Waals surface area contributed by atoms with Crippen molar-refractivity contribution in [1.82, 2.24) is 10.0 Å². The normalized spacial score (nSPS) is 23.9. The minimum absolute atomic E-state index is 0.0982. The highest BCUT2D eigenvalue weighted by molar-refractivity contribution is 7.89. The summed E-state index contributed by atoms with van der Waals surface area (Å²) in [6, 6.07) is 1.81. The molecule has 1 aliphatic rings. The van der Waals surface area contributed by atoms with E-state index in [0.29, 0.717) is 17.4 Å². The fourth-order valence-corrected chi connectivity index (χ4v) is 5.77. The molecule has 1 fully saturated rings. The summed E-state index contributed by atoms with van der Waals surface area (Å²) < 4.78 is 28.1. The van der Waals surface area contributed by atoms with Crippen molar-refractivity contribution in [1.29, 1.82) is 0 Å². The van der Waals surface area contributed by atoms with E-state index in [9.17, 15) is 8.42 Å². The molecule has 4 nitrogen and oxygen atoms in total. The Kier molecular flexibility index (Phi) is 5.60. The predicted octanol–water partition coefficient (Wildman–Crippen LogP) is 2.71. The monoisotopic (exact) mass is 316 g/mol. The third-order valence-electron chi connectivity index (χ3n) is 4.07. The minimum Gasteiger partial charge on any atom is -0.315 e. The predicted molar refractivity (Wildman–Crippen MR) is 83.4 cm³/mol. The molecular weight excluding hydrogens is 292 g/mol. The zero-order valence-electron chi connectivity index (χ0n) is 12.2. The number of hydrogen-bond donors (Lipinski definition) is 2. The van der Waals surface area contributed by atoms with Gasteiger partial charge in [0.05, 0.1) is 4.90 Å². The summed E-state index contributed by atoms with van der Waals surface area (Å²) in [7, 11) is -1.56. The van der Waals surface area contributed by atoms with Crippen LogP contribution in [-0.2, 0) is 16.6 Å². The van der Waals surface area contributed by atoms with Crippen LogP contribution in [0.2, 0.25) is 0 Å². The molecule has 2 N–H and O–H groups in total. The first-order valence-electron chi connectivity index (χ1n) is 7.31. The molecule has 2 rings (SSSR count). The fraction of sp³-hybridized carbons (Fsp3) is 0.714. The van der Waals surface area contributed by atoms with E-state index in [0.717, 1.165) is 30.6 Å². The summed E-state index contributed by atoms with van der Waals surface area (Å²) in [5.41, 5.74) is 0. The Morgan fingerprint density at radius 1 is 1.35 bits per heavy atom. The summed E-state index contributed by atoms with van der Waals surface area (Å²) in [5.74, 6) is 0.477. The van der Waals surface area contributed by atoms with Crippen molar-refractivity contribution in [3.63, 3.8) is 0 Å². The molecule has 0 saturated heterocycles. The molecule has 0 aliphatic heterocycles. The molecule has 0 spiro atoms. The highest BCUT2D eigenvalue weighted by atomic mass is 32.2. The Labute approximate surface area is 126 Å². The largest absolute Gasteiger partial charge is 0.315 e. The van der Waals surface area contributed by atoms with Crippen LogP contribution in [0.1, 0.15) is 43.9 Å². The lowest BCUT2D eigenvalue weighted by atomic mass is 9.83.